The Morgan fingerprint density at radius 2 is 0.679 bits per heavy atom. The largest absolute Gasteiger partial charge is 0.0654 e. The maximum Gasteiger partial charge on any atom is -0.0414 e. The first-order valence-corrected chi connectivity index (χ1v) is 13.6. The molecule has 0 aromatic rings. The van der Waals surface area contributed by atoms with Crippen molar-refractivity contribution in [3.8, 4) is 0 Å². The fourth-order valence-electron chi connectivity index (χ4n) is 4.53. The van der Waals surface area contributed by atoms with Crippen molar-refractivity contribution in [1.29, 1.82) is 0 Å². The van der Waals surface area contributed by atoms with Crippen LogP contribution in [0.2, 0.25) is 0 Å². The van der Waals surface area contributed by atoms with E-state index in [1.54, 1.807) is 0 Å². The highest BCUT2D eigenvalue weighted by Crippen LogP contribution is 2.24. The highest BCUT2D eigenvalue weighted by atomic mass is 14.1. The molecule has 0 saturated carbocycles. The Kier molecular flexibility index (Phi) is 25.0. The lowest BCUT2D eigenvalue weighted by atomic mass is 9.90. The Hall–Kier alpha value is 0. The van der Waals surface area contributed by atoms with Crippen molar-refractivity contribution in [2.45, 2.75) is 168 Å². The minimum Gasteiger partial charge on any atom is -0.0654 e. The van der Waals surface area contributed by atoms with Crippen molar-refractivity contribution in [3.63, 3.8) is 0 Å². The Morgan fingerprint density at radius 1 is 0.393 bits per heavy atom. The van der Waals surface area contributed by atoms with Crippen LogP contribution in [-0.4, -0.2) is 0 Å². The molecule has 0 fully saturated rings. The molecule has 1 unspecified atom stereocenters. The van der Waals surface area contributed by atoms with Crippen molar-refractivity contribution in [2.75, 3.05) is 0 Å². The van der Waals surface area contributed by atoms with Gasteiger partial charge in [0.15, 0.2) is 0 Å². The predicted octanol–water partition coefficient (Wildman–Crippen LogP) is 10.8. The molecule has 1 radical (unpaired) electrons. The van der Waals surface area contributed by atoms with Crippen molar-refractivity contribution >= 4 is 0 Å². The fraction of sp³-hybridized carbons (Fsp3) is 0.964. The van der Waals surface area contributed by atoms with E-state index < -0.39 is 0 Å². The molecule has 0 aliphatic rings. The molecule has 28 heavy (non-hydrogen) atoms. The summed E-state index contributed by atoms with van der Waals surface area (Å²) in [6.45, 7) is 8.68. The van der Waals surface area contributed by atoms with Gasteiger partial charge in [0, 0.05) is 0 Å². The molecule has 169 valence electrons. The van der Waals surface area contributed by atoms with Gasteiger partial charge in [0.05, 0.1) is 0 Å². The van der Waals surface area contributed by atoms with Crippen LogP contribution in [0.5, 0.6) is 0 Å². The highest BCUT2D eigenvalue weighted by Gasteiger charge is 2.08. The monoisotopic (exact) mass is 393 g/mol. The Balaban J connectivity index is 3.51. The van der Waals surface area contributed by atoms with Gasteiger partial charge in [-0.2, -0.15) is 0 Å². The van der Waals surface area contributed by atoms with Crippen LogP contribution in [0.25, 0.3) is 0 Å². The van der Waals surface area contributed by atoms with Crippen LogP contribution in [0.15, 0.2) is 0 Å². The first-order valence-electron chi connectivity index (χ1n) is 13.6. The standard InChI is InChI=1S/C28H57/c1-4-7-10-12-14-16-17-18-20-22-24-27-28(25-9-6-3)26-23-21-19-15-13-11-8-5-2/h28H,3-27H2,1-2H3. The van der Waals surface area contributed by atoms with Crippen LogP contribution >= 0.6 is 0 Å². The Morgan fingerprint density at radius 3 is 1.00 bits per heavy atom. The average molecular weight is 394 g/mol. The predicted molar refractivity (Wildman–Crippen MR) is 131 cm³/mol. The summed E-state index contributed by atoms with van der Waals surface area (Å²) in [5.41, 5.74) is 0. The number of unbranched alkanes of at least 4 members (excludes halogenated alkanes) is 18. The first-order chi connectivity index (χ1) is 13.8. The third kappa shape index (κ3) is 22.3. The van der Waals surface area contributed by atoms with Gasteiger partial charge in [-0.1, -0.05) is 175 Å². The van der Waals surface area contributed by atoms with Crippen LogP contribution in [0.4, 0.5) is 0 Å². The van der Waals surface area contributed by atoms with E-state index in [0.29, 0.717) is 0 Å². The smallest absolute Gasteiger partial charge is 0.0414 e. The molecule has 0 bridgehead atoms. The SMILES string of the molecule is [CH2]CCCC(CCCCCCCCCC)CCCCCCCCCCCCC. The van der Waals surface area contributed by atoms with E-state index in [2.05, 4.69) is 20.8 Å². The summed E-state index contributed by atoms with van der Waals surface area (Å²) in [7, 11) is 0. The third-order valence-electron chi connectivity index (χ3n) is 6.54. The molecule has 0 amide bonds. The number of hydrogen-bond acceptors (Lipinski definition) is 0. The lowest BCUT2D eigenvalue weighted by Crippen LogP contribution is -2.01. The third-order valence-corrected chi connectivity index (χ3v) is 6.54. The normalized spacial score (nSPS) is 12.5. The Bertz CT molecular complexity index is 257. The molecule has 0 aromatic carbocycles. The Labute approximate surface area is 181 Å². The van der Waals surface area contributed by atoms with Gasteiger partial charge in [-0.05, 0) is 5.92 Å². The summed E-state index contributed by atoms with van der Waals surface area (Å²) in [5.74, 6) is 1.00. The fourth-order valence-corrected chi connectivity index (χ4v) is 4.53. The maximum absolute atomic E-state index is 4.06. The van der Waals surface area contributed by atoms with Gasteiger partial charge in [0.25, 0.3) is 0 Å². The van der Waals surface area contributed by atoms with Gasteiger partial charge in [-0.3, -0.25) is 0 Å². The van der Waals surface area contributed by atoms with E-state index in [-0.39, 0.29) is 0 Å². The van der Waals surface area contributed by atoms with Crippen molar-refractivity contribution in [1.82, 2.24) is 0 Å². The molecule has 1 atom stereocenters. The summed E-state index contributed by atoms with van der Waals surface area (Å²) in [6.07, 6.45) is 34.7. The zero-order valence-corrected chi connectivity index (χ0v) is 20.3. The minimum atomic E-state index is 1.00. The molecule has 0 saturated heterocycles. The van der Waals surface area contributed by atoms with E-state index in [9.17, 15) is 0 Å². The second-order valence-electron chi connectivity index (χ2n) is 9.45. The van der Waals surface area contributed by atoms with Gasteiger partial charge in [-0.25, -0.2) is 0 Å². The van der Waals surface area contributed by atoms with Gasteiger partial charge >= 0.3 is 0 Å². The molecule has 0 nitrogen and oxygen atoms in total. The van der Waals surface area contributed by atoms with Gasteiger partial charge in [-0.15, -0.1) is 0 Å². The molecule has 0 aliphatic carbocycles. The van der Waals surface area contributed by atoms with Gasteiger partial charge in [0.1, 0.15) is 0 Å². The molecular formula is C28H57. The summed E-state index contributed by atoms with van der Waals surface area (Å²) < 4.78 is 0. The van der Waals surface area contributed by atoms with Crippen LogP contribution in [0.3, 0.4) is 0 Å². The van der Waals surface area contributed by atoms with Crippen molar-refractivity contribution in [2.24, 2.45) is 5.92 Å². The van der Waals surface area contributed by atoms with Crippen molar-refractivity contribution < 1.29 is 0 Å². The lowest BCUT2D eigenvalue weighted by molar-refractivity contribution is 0.372. The molecule has 0 heterocycles. The quantitative estimate of drug-likeness (QED) is 0.143. The highest BCUT2D eigenvalue weighted by molar-refractivity contribution is 4.62. The van der Waals surface area contributed by atoms with E-state index in [1.165, 1.54) is 148 Å². The molecule has 0 aromatic heterocycles. The van der Waals surface area contributed by atoms with E-state index >= 15 is 0 Å². The van der Waals surface area contributed by atoms with E-state index in [4.69, 9.17) is 0 Å². The zero-order chi connectivity index (χ0) is 20.5. The summed E-state index contributed by atoms with van der Waals surface area (Å²) >= 11 is 0. The van der Waals surface area contributed by atoms with Crippen LogP contribution in [0, 0.1) is 12.8 Å². The minimum absolute atomic E-state index is 1.00. The van der Waals surface area contributed by atoms with Crippen LogP contribution in [0.1, 0.15) is 168 Å². The van der Waals surface area contributed by atoms with E-state index in [0.717, 1.165) is 12.3 Å². The van der Waals surface area contributed by atoms with Gasteiger partial charge in [0.2, 0.25) is 0 Å². The summed E-state index contributed by atoms with van der Waals surface area (Å²) in [5, 5.41) is 0. The molecular weight excluding hydrogens is 336 g/mol. The molecule has 0 N–H and O–H groups in total. The lowest BCUT2D eigenvalue weighted by Gasteiger charge is -2.16. The van der Waals surface area contributed by atoms with Crippen LogP contribution < -0.4 is 0 Å². The number of hydrogen-bond donors (Lipinski definition) is 0. The summed E-state index contributed by atoms with van der Waals surface area (Å²) in [4.78, 5) is 0. The van der Waals surface area contributed by atoms with E-state index in [1.807, 2.05) is 0 Å². The number of rotatable bonds is 24. The average Bonchev–Trinajstić information content (AvgIpc) is 2.71. The first kappa shape index (κ1) is 28.0. The van der Waals surface area contributed by atoms with Gasteiger partial charge < -0.3 is 0 Å². The maximum atomic E-state index is 4.06. The van der Waals surface area contributed by atoms with Crippen LogP contribution in [-0.2, 0) is 0 Å². The van der Waals surface area contributed by atoms with Crippen molar-refractivity contribution in [3.05, 3.63) is 6.92 Å². The molecule has 0 spiro atoms. The second kappa shape index (κ2) is 25.0. The molecule has 0 heteroatoms. The molecule has 0 rings (SSSR count). The molecule has 0 aliphatic heterocycles. The zero-order valence-electron chi connectivity index (χ0n) is 20.3. The topological polar surface area (TPSA) is 0 Å². The second-order valence-corrected chi connectivity index (χ2v) is 9.45. The summed E-state index contributed by atoms with van der Waals surface area (Å²) in [6, 6.07) is 0.